The molecule has 0 amide bonds. The topological polar surface area (TPSA) is 81.0 Å². The van der Waals surface area contributed by atoms with Gasteiger partial charge in [0.25, 0.3) is 5.56 Å². The maximum atomic E-state index is 14.0. The van der Waals surface area contributed by atoms with Crippen LogP contribution in [0.25, 0.3) is 21.9 Å². The monoisotopic (exact) mass is 419 g/mol. The quantitative estimate of drug-likeness (QED) is 0.500. The summed E-state index contributed by atoms with van der Waals surface area (Å²) in [6.45, 7) is 1.27. The summed E-state index contributed by atoms with van der Waals surface area (Å²) in [6, 6.07) is 13.8. The average Bonchev–Trinajstić information content (AvgIpc) is 3.61. The number of aromatic nitrogens is 1. The van der Waals surface area contributed by atoms with E-state index in [1.165, 1.54) is 12.1 Å². The third-order valence-corrected chi connectivity index (χ3v) is 5.69. The molecular weight excluding hydrogens is 393 g/mol. The molecular formula is C25H26FN3O2. The van der Waals surface area contributed by atoms with E-state index >= 15 is 0 Å². The van der Waals surface area contributed by atoms with Gasteiger partial charge in [0, 0.05) is 22.4 Å². The Bertz CT molecular complexity index is 1190. The Morgan fingerprint density at radius 1 is 1.10 bits per heavy atom. The van der Waals surface area contributed by atoms with Crippen molar-refractivity contribution in [3.05, 3.63) is 64.3 Å². The van der Waals surface area contributed by atoms with Gasteiger partial charge in [-0.25, -0.2) is 4.39 Å². The molecule has 31 heavy (non-hydrogen) atoms. The summed E-state index contributed by atoms with van der Waals surface area (Å²) in [5.41, 5.74) is 6.79. The van der Waals surface area contributed by atoms with Crippen LogP contribution in [0.3, 0.4) is 0 Å². The van der Waals surface area contributed by atoms with E-state index < -0.39 is 0 Å². The first kappa shape index (κ1) is 21.1. The molecule has 1 aliphatic rings. The second-order valence-corrected chi connectivity index (χ2v) is 8.01. The van der Waals surface area contributed by atoms with E-state index in [2.05, 4.69) is 6.07 Å². The number of hydrogen-bond acceptors (Lipinski definition) is 4. The second-order valence-electron chi connectivity index (χ2n) is 8.01. The Balaban J connectivity index is 1.78. The number of unbranched alkanes of at least 4 members (excludes halogenated alkanes) is 3. The van der Waals surface area contributed by atoms with Gasteiger partial charge in [-0.2, -0.15) is 5.26 Å². The molecule has 160 valence electrons. The van der Waals surface area contributed by atoms with Crippen molar-refractivity contribution in [2.45, 2.75) is 44.6 Å². The molecule has 1 aromatic heterocycles. The zero-order chi connectivity index (χ0) is 21.8. The van der Waals surface area contributed by atoms with Crippen LogP contribution < -0.4 is 16.0 Å². The highest BCUT2D eigenvalue weighted by Crippen LogP contribution is 2.39. The number of halogens is 1. The molecule has 2 N–H and O–H groups in total. The van der Waals surface area contributed by atoms with Gasteiger partial charge in [0.05, 0.1) is 6.61 Å². The average molecular weight is 420 g/mol. The molecule has 0 atom stereocenters. The van der Waals surface area contributed by atoms with E-state index in [1.807, 2.05) is 0 Å². The predicted molar refractivity (Wildman–Crippen MR) is 120 cm³/mol. The van der Waals surface area contributed by atoms with Crippen molar-refractivity contribution in [3.63, 3.8) is 0 Å². The van der Waals surface area contributed by atoms with E-state index in [9.17, 15) is 14.4 Å². The molecule has 4 rings (SSSR count). The maximum absolute atomic E-state index is 14.0. The molecule has 3 aromatic rings. The molecule has 1 aliphatic carbocycles. The summed E-state index contributed by atoms with van der Waals surface area (Å²) in [5.74, 6) is 0.250. The number of rotatable bonds is 9. The first-order chi connectivity index (χ1) is 15.1. The third-order valence-electron chi connectivity index (χ3n) is 5.69. The summed E-state index contributed by atoms with van der Waals surface area (Å²) < 4.78 is 21.5. The third kappa shape index (κ3) is 4.47. The lowest BCUT2D eigenvalue weighted by Crippen LogP contribution is -2.23. The zero-order valence-electron chi connectivity index (χ0n) is 17.4. The van der Waals surface area contributed by atoms with Crippen LogP contribution in [0, 0.1) is 17.1 Å². The summed E-state index contributed by atoms with van der Waals surface area (Å²) in [7, 11) is 0. The van der Waals surface area contributed by atoms with Crippen molar-refractivity contribution in [3.8, 4) is 22.9 Å². The van der Waals surface area contributed by atoms with Gasteiger partial charge in [0.2, 0.25) is 0 Å². The Hall–Kier alpha value is -3.17. The molecule has 0 bridgehead atoms. The fourth-order valence-electron chi connectivity index (χ4n) is 4.00. The maximum Gasteiger partial charge on any atom is 0.259 e. The van der Waals surface area contributed by atoms with Gasteiger partial charge in [-0.15, -0.1) is 0 Å². The fourth-order valence-corrected chi connectivity index (χ4v) is 4.00. The smallest absolute Gasteiger partial charge is 0.259 e. The second kappa shape index (κ2) is 9.32. The van der Waals surface area contributed by atoms with Crippen molar-refractivity contribution in [2.75, 3.05) is 13.2 Å². The lowest BCUT2D eigenvalue weighted by atomic mass is 9.96. The van der Waals surface area contributed by atoms with Gasteiger partial charge >= 0.3 is 0 Å². The Morgan fingerprint density at radius 2 is 1.90 bits per heavy atom. The summed E-state index contributed by atoms with van der Waals surface area (Å²) >= 11 is 0. The van der Waals surface area contributed by atoms with Gasteiger partial charge < -0.3 is 10.5 Å². The van der Waals surface area contributed by atoms with Crippen LogP contribution in [0.1, 0.15) is 50.3 Å². The molecule has 0 saturated heterocycles. The number of nitriles is 1. The molecule has 5 nitrogen and oxygen atoms in total. The lowest BCUT2D eigenvalue weighted by molar-refractivity contribution is 0.305. The SMILES string of the molecule is N#Cc1c(-c2cccc(F)c2)c2cc(OCCCCCCN)ccc2c(=O)n1C1CC1. The number of nitrogens with zero attached hydrogens (tertiary/aromatic N) is 2. The van der Waals surface area contributed by atoms with Gasteiger partial charge in [-0.3, -0.25) is 9.36 Å². The van der Waals surface area contributed by atoms with Gasteiger partial charge in [-0.1, -0.05) is 25.0 Å². The van der Waals surface area contributed by atoms with Crippen LogP contribution in [0.4, 0.5) is 4.39 Å². The fraction of sp³-hybridized carbons (Fsp3) is 0.360. The van der Waals surface area contributed by atoms with Crippen molar-refractivity contribution < 1.29 is 9.13 Å². The molecule has 0 unspecified atom stereocenters. The molecule has 1 fully saturated rings. The van der Waals surface area contributed by atoms with Crippen molar-refractivity contribution in [1.29, 1.82) is 5.26 Å². The van der Waals surface area contributed by atoms with Crippen molar-refractivity contribution >= 4 is 10.8 Å². The first-order valence-corrected chi connectivity index (χ1v) is 10.8. The summed E-state index contributed by atoms with van der Waals surface area (Å²) in [4.78, 5) is 13.2. The van der Waals surface area contributed by atoms with Crippen molar-refractivity contribution in [1.82, 2.24) is 4.57 Å². The normalized spacial score (nSPS) is 13.3. The molecule has 2 aromatic carbocycles. The Morgan fingerprint density at radius 3 is 2.61 bits per heavy atom. The molecule has 0 spiro atoms. The largest absolute Gasteiger partial charge is 0.494 e. The number of hydrogen-bond donors (Lipinski definition) is 1. The van der Waals surface area contributed by atoms with E-state index in [1.54, 1.807) is 34.9 Å². The van der Waals surface area contributed by atoms with Gasteiger partial charge in [0.15, 0.2) is 0 Å². The minimum absolute atomic E-state index is 0.0308. The van der Waals surface area contributed by atoms with E-state index in [0.717, 1.165) is 38.5 Å². The number of pyridine rings is 1. The number of nitrogens with two attached hydrogens (primary N) is 1. The molecule has 6 heteroatoms. The molecule has 1 heterocycles. The highest BCUT2D eigenvalue weighted by Gasteiger charge is 2.30. The van der Waals surface area contributed by atoms with E-state index in [4.69, 9.17) is 10.5 Å². The lowest BCUT2D eigenvalue weighted by Gasteiger charge is -2.16. The van der Waals surface area contributed by atoms with Crippen LogP contribution in [0.5, 0.6) is 5.75 Å². The highest BCUT2D eigenvalue weighted by molar-refractivity contribution is 5.99. The summed E-state index contributed by atoms with van der Waals surface area (Å²) in [6.07, 6.45) is 5.79. The van der Waals surface area contributed by atoms with Crippen LogP contribution in [0.2, 0.25) is 0 Å². The van der Waals surface area contributed by atoms with Crippen LogP contribution >= 0.6 is 0 Å². The van der Waals surface area contributed by atoms with Gasteiger partial charge in [0.1, 0.15) is 23.3 Å². The van der Waals surface area contributed by atoms with Gasteiger partial charge in [-0.05, 0) is 68.1 Å². The first-order valence-electron chi connectivity index (χ1n) is 10.8. The molecule has 0 aliphatic heterocycles. The Kier molecular flexibility index (Phi) is 6.34. The minimum atomic E-state index is -0.386. The highest BCUT2D eigenvalue weighted by atomic mass is 19.1. The van der Waals surface area contributed by atoms with Crippen molar-refractivity contribution in [2.24, 2.45) is 5.73 Å². The zero-order valence-corrected chi connectivity index (χ0v) is 17.4. The number of fused-ring (bicyclic) bond motifs is 1. The molecule has 0 radical (unpaired) electrons. The van der Waals surface area contributed by atoms with Crippen LogP contribution in [-0.2, 0) is 0 Å². The minimum Gasteiger partial charge on any atom is -0.494 e. The van der Waals surface area contributed by atoms with E-state index in [0.29, 0.717) is 40.8 Å². The number of ether oxygens (including phenoxy) is 1. The number of benzene rings is 2. The Labute approximate surface area is 180 Å². The summed E-state index contributed by atoms with van der Waals surface area (Å²) in [5, 5.41) is 11.1. The van der Waals surface area contributed by atoms with E-state index in [-0.39, 0.29) is 23.1 Å². The van der Waals surface area contributed by atoms with Crippen LogP contribution in [0.15, 0.2) is 47.3 Å². The standard InChI is InChI=1S/C25H26FN3O2/c26-18-7-5-6-17(14-18)24-22-15-20(31-13-4-2-1-3-12-27)10-11-21(22)25(30)29(19-8-9-19)23(24)16-28/h5-7,10-11,14-15,19H,1-4,8-9,12-13,27H2. The predicted octanol–water partition coefficient (Wildman–Crippen LogP) is 4.91. The van der Waals surface area contributed by atoms with Crippen LogP contribution in [-0.4, -0.2) is 17.7 Å². The molecule has 1 saturated carbocycles.